The molecule has 6 nitrogen and oxygen atoms in total. The molecule has 1 aromatic heterocycles. The molecule has 0 saturated heterocycles. The molecule has 0 aliphatic rings. The third-order valence-electron chi connectivity index (χ3n) is 5.38. The number of nitrogens with zero attached hydrogens (tertiary/aromatic N) is 1. The Labute approximate surface area is 195 Å². The van der Waals surface area contributed by atoms with Crippen LogP contribution >= 0.6 is 0 Å². The van der Waals surface area contributed by atoms with Crippen molar-refractivity contribution >= 4 is 21.4 Å². The second-order valence-corrected chi connectivity index (χ2v) is 9.89. The number of aromatic nitrogens is 1. The Bertz CT molecular complexity index is 1380. The molecule has 0 spiro atoms. The Kier molecular flexibility index (Phi) is 7.02. The van der Waals surface area contributed by atoms with Gasteiger partial charge in [-0.25, -0.2) is 8.42 Å². The maximum absolute atomic E-state index is 13.5. The quantitative estimate of drug-likeness (QED) is 0.548. The number of nitrogens with one attached hydrogen (secondary N) is 1. The number of halogens is 3. The van der Waals surface area contributed by atoms with Crippen LogP contribution in [0.4, 0.5) is 18.9 Å². The van der Waals surface area contributed by atoms with Crippen LogP contribution in [0.3, 0.4) is 0 Å². The molecule has 1 heterocycles. The van der Waals surface area contributed by atoms with Crippen molar-refractivity contribution in [1.29, 1.82) is 0 Å². The van der Waals surface area contributed by atoms with Gasteiger partial charge in [-0.15, -0.1) is 0 Å². The largest absolute Gasteiger partial charge is 0.416 e. The van der Waals surface area contributed by atoms with E-state index in [2.05, 4.69) is 4.98 Å². The number of pyridine rings is 1. The topological polar surface area (TPSA) is 87.3 Å². The lowest BCUT2D eigenvalue weighted by Crippen LogP contribution is -2.35. The standard InChI is InChI=1S/C24H23F3N2O4S/c1-4-17-12-21(22(30)28-15(17)2)23(31)29(19-7-5-6-18(13-19)24(25,26)27)14-16-8-10-20(11-9-16)34(3,32)33/h5-13H,4,14H2,1-3H3,(H,28,30). The predicted molar refractivity (Wildman–Crippen MR) is 123 cm³/mol. The van der Waals surface area contributed by atoms with Gasteiger partial charge in [0.25, 0.3) is 11.5 Å². The summed E-state index contributed by atoms with van der Waals surface area (Å²) in [6, 6.07) is 11.4. The third kappa shape index (κ3) is 5.56. The molecule has 0 radical (unpaired) electrons. The third-order valence-corrected chi connectivity index (χ3v) is 6.51. The molecule has 0 aliphatic carbocycles. The van der Waals surface area contributed by atoms with Crippen molar-refractivity contribution in [2.24, 2.45) is 0 Å². The lowest BCUT2D eigenvalue weighted by atomic mass is 10.1. The van der Waals surface area contributed by atoms with Crippen LogP contribution in [-0.4, -0.2) is 25.6 Å². The fraction of sp³-hybridized carbons (Fsp3) is 0.250. The minimum atomic E-state index is -4.63. The molecule has 34 heavy (non-hydrogen) atoms. The zero-order valence-corrected chi connectivity index (χ0v) is 19.5. The van der Waals surface area contributed by atoms with E-state index in [-0.39, 0.29) is 22.7 Å². The van der Waals surface area contributed by atoms with Gasteiger partial charge in [-0.3, -0.25) is 9.59 Å². The molecular weight excluding hydrogens is 469 g/mol. The molecule has 0 saturated carbocycles. The van der Waals surface area contributed by atoms with Crippen molar-refractivity contribution in [1.82, 2.24) is 4.98 Å². The molecule has 10 heteroatoms. The number of rotatable bonds is 6. The van der Waals surface area contributed by atoms with Crippen LogP contribution in [0.2, 0.25) is 0 Å². The molecule has 3 aromatic rings. The number of alkyl halides is 3. The van der Waals surface area contributed by atoms with Gasteiger partial charge in [-0.2, -0.15) is 13.2 Å². The molecule has 1 amide bonds. The smallest absolute Gasteiger partial charge is 0.326 e. The first-order valence-electron chi connectivity index (χ1n) is 10.3. The molecular formula is C24H23F3N2O4S. The highest BCUT2D eigenvalue weighted by Gasteiger charge is 2.32. The number of anilines is 1. The normalized spacial score (nSPS) is 11.9. The number of carbonyl (C=O) groups is 1. The number of carbonyl (C=O) groups excluding carboxylic acids is 1. The number of sulfone groups is 1. The molecule has 0 atom stereocenters. The summed E-state index contributed by atoms with van der Waals surface area (Å²) in [7, 11) is -3.45. The average molecular weight is 493 g/mol. The van der Waals surface area contributed by atoms with Crippen molar-refractivity contribution < 1.29 is 26.4 Å². The SMILES string of the molecule is CCc1cc(C(=O)N(Cc2ccc(S(C)(=O)=O)cc2)c2cccc(C(F)(F)F)c2)c(=O)[nH]c1C. The molecule has 3 rings (SSSR count). The monoisotopic (exact) mass is 492 g/mol. The highest BCUT2D eigenvalue weighted by Crippen LogP contribution is 2.32. The number of amides is 1. The number of hydrogen-bond donors (Lipinski definition) is 1. The Morgan fingerprint density at radius 3 is 2.26 bits per heavy atom. The maximum atomic E-state index is 13.5. The summed E-state index contributed by atoms with van der Waals surface area (Å²) >= 11 is 0. The summed E-state index contributed by atoms with van der Waals surface area (Å²) in [5.41, 5.74) is -0.0445. The highest BCUT2D eigenvalue weighted by atomic mass is 32.2. The van der Waals surface area contributed by atoms with E-state index in [0.29, 0.717) is 17.7 Å². The zero-order chi connectivity index (χ0) is 25.3. The molecule has 0 aliphatic heterocycles. The second kappa shape index (κ2) is 9.46. The zero-order valence-electron chi connectivity index (χ0n) is 18.7. The van der Waals surface area contributed by atoms with Crippen LogP contribution in [0.25, 0.3) is 0 Å². The first-order valence-corrected chi connectivity index (χ1v) is 12.2. The lowest BCUT2D eigenvalue weighted by molar-refractivity contribution is -0.137. The van der Waals surface area contributed by atoms with E-state index in [1.165, 1.54) is 42.5 Å². The van der Waals surface area contributed by atoms with E-state index >= 15 is 0 Å². The lowest BCUT2D eigenvalue weighted by Gasteiger charge is -2.24. The first kappa shape index (κ1) is 25.2. The van der Waals surface area contributed by atoms with Gasteiger partial charge < -0.3 is 9.88 Å². The van der Waals surface area contributed by atoms with Gasteiger partial charge in [-0.1, -0.05) is 25.1 Å². The summed E-state index contributed by atoms with van der Waals surface area (Å²) < 4.78 is 63.4. The molecule has 2 aromatic carbocycles. The van der Waals surface area contributed by atoms with Crippen LogP contribution in [0, 0.1) is 6.92 Å². The van der Waals surface area contributed by atoms with E-state index in [1.54, 1.807) is 6.92 Å². The average Bonchev–Trinajstić information content (AvgIpc) is 2.76. The van der Waals surface area contributed by atoms with Gasteiger partial charge in [0, 0.05) is 17.6 Å². The minimum Gasteiger partial charge on any atom is -0.326 e. The van der Waals surface area contributed by atoms with E-state index in [0.717, 1.165) is 28.9 Å². The molecule has 0 unspecified atom stereocenters. The second-order valence-electron chi connectivity index (χ2n) is 7.87. The van der Waals surface area contributed by atoms with Crippen LogP contribution in [0.5, 0.6) is 0 Å². The Morgan fingerprint density at radius 2 is 1.71 bits per heavy atom. The van der Waals surface area contributed by atoms with Crippen molar-refractivity contribution in [2.75, 3.05) is 11.2 Å². The van der Waals surface area contributed by atoms with Gasteiger partial charge in [0.05, 0.1) is 17.0 Å². The van der Waals surface area contributed by atoms with E-state index in [9.17, 15) is 31.2 Å². The minimum absolute atomic E-state index is 0.0509. The number of H-pyrrole nitrogens is 1. The first-order chi connectivity index (χ1) is 15.8. The van der Waals surface area contributed by atoms with Crippen molar-refractivity contribution in [3.05, 3.63) is 92.9 Å². The summed E-state index contributed by atoms with van der Waals surface area (Å²) in [4.78, 5) is 29.8. The van der Waals surface area contributed by atoms with Gasteiger partial charge in [0.15, 0.2) is 9.84 Å². The fourth-order valence-electron chi connectivity index (χ4n) is 3.49. The summed E-state index contributed by atoms with van der Waals surface area (Å²) in [6.07, 6.45) is -3.03. The van der Waals surface area contributed by atoms with E-state index in [1.807, 2.05) is 6.92 Å². The van der Waals surface area contributed by atoms with Crippen molar-refractivity contribution in [2.45, 2.75) is 37.9 Å². The predicted octanol–water partition coefficient (Wildman–Crippen LogP) is 4.52. The van der Waals surface area contributed by atoms with Gasteiger partial charge in [0.1, 0.15) is 5.56 Å². The van der Waals surface area contributed by atoms with Crippen LogP contribution in [0.15, 0.2) is 64.3 Å². The molecule has 0 bridgehead atoms. The van der Waals surface area contributed by atoms with Crippen molar-refractivity contribution in [3.63, 3.8) is 0 Å². The maximum Gasteiger partial charge on any atom is 0.416 e. The van der Waals surface area contributed by atoms with Gasteiger partial charge in [-0.05, 0) is 60.9 Å². The molecule has 1 N–H and O–H groups in total. The molecule has 180 valence electrons. The van der Waals surface area contributed by atoms with Gasteiger partial charge in [0.2, 0.25) is 0 Å². The Balaban J connectivity index is 2.11. The highest BCUT2D eigenvalue weighted by molar-refractivity contribution is 7.90. The fourth-order valence-corrected chi connectivity index (χ4v) is 4.12. The van der Waals surface area contributed by atoms with Crippen LogP contribution in [0.1, 0.15) is 39.7 Å². The summed E-state index contributed by atoms with van der Waals surface area (Å²) in [5, 5.41) is 0. The van der Waals surface area contributed by atoms with E-state index < -0.39 is 33.0 Å². The van der Waals surface area contributed by atoms with Crippen molar-refractivity contribution in [3.8, 4) is 0 Å². The number of hydrogen-bond acceptors (Lipinski definition) is 4. The Hall–Kier alpha value is -3.40. The number of aromatic amines is 1. The van der Waals surface area contributed by atoms with E-state index in [4.69, 9.17) is 0 Å². The number of aryl methyl sites for hydroxylation is 2. The van der Waals surface area contributed by atoms with Crippen LogP contribution in [-0.2, 0) is 29.0 Å². The van der Waals surface area contributed by atoms with Crippen LogP contribution < -0.4 is 10.5 Å². The molecule has 0 fully saturated rings. The summed E-state index contributed by atoms with van der Waals surface area (Å²) in [5.74, 6) is -0.775. The summed E-state index contributed by atoms with van der Waals surface area (Å²) in [6.45, 7) is 3.37. The number of benzene rings is 2. The van der Waals surface area contributed by atoms with Gasteiger partial charge >= 0.3 is 6.18 Å². The Morgan fingerprint density at radius 1 is 1.06 bits per heavy atom.